The average Bonchev–Trinajstić information content (AvgIpc) is 2.44. The van der Waals surface area contributed by atoms with Gasteiger partial charge in [0.1, 0.15) is 18.3 Å². The molecule has 1 heterocycles. The fourth-order valence-corrected chi connectivity index (χ4v) is 1.57. The second kappa shape index (κ2) is 7.24. The molecule has 1 aromatic heterocycles. The molecule has 0 fully saturated rings. The molecule has 0 bridgehead atoms. The van der Waals surface area contributed by atoms with Crippen LogP contribution < -0.4 is 0 Å². The Balaban J connectivity index is 2.88. The van der Waals surface area contributed by atoms with E-state index in [1.807, 2.05) is 6.07 Å². The van der Waals surface area contributed by atoms with Gasteiger partial charge in [-0.25, -0.2) is 4.98 Å². The normalized spacial score (nSPS) is 9.95. The first kappa shape index (κ1) is 15.6. The molecule has 1 rings (SSSR count). The van der Waals surface area contributed by atoms with E-state index in [1.165, 1.54) is 23.2 Å². The van der Waals surface area contributed by atoms with Crippen molar-refractivity contribution >= 4 is 11.9 Å². The summed E-state index contributed by atoms with van der Waals surface area (Å²) in [4.78, 5) is 29.1. The maximum absolute atomic E-state index is 12.3. The lowest BCUT2D eigenvalue weighted by atomic mass is 10.2. The van der Waals surface area contributed by atoms with Crippen molar-refractivity contribution in [1.82, 2.24) is 9.88 Å². The number of esters is 1. The molecule has 0 aromatic carbocycles. The van der Waals surface area contributed by atoms with Crippen LogP contribution in [0.25, 0.3) is 0 Å². The van der Waals surface area contributed by atoms with Gasteiger partial charge in [-0.05, 0) is 32.9 Å². The smallest absolute Gasteiger partial charge is 0.325 e. The zero-order valence-electron chi connectivity index (χ0n) is 11.8. The number of carbonyl (C=O) groups is 2. The predicted octanol–water partition coefficient (Wildman–Crippen LogP) is 1.37. The van der Waals surface area contributed by atoms with E-state index in [1.54, 1.807) is 20.8 Å². The molecule has 0 atom stereocenters. The minimum atomic E-state index is -0.455. The number of hydrogen-bond acceptors (Lipinski definition) is 5. The van der Waals surface area contributed by atoms with Gasteiger partial charge in [0.05, 0.1) is 12.2 Å². The number of hydrogen-bond donors (Lipinski definition) is 0. The molecular weight excluding hydrogens is 258 g/mol. The maximum atomic E-state index is 12.3. The minimum absolute atomic E-state index is 0.119. The highest BCUT2D eigenvalue weighted by Crippen LogP contribution is 2.07. The highest BCUT2D eigenvalue weighted by atomic mass is 16.5. The van der Waals surface area contributed by atoms with Crippen LogP contribution in [0, 0.1) is 11.3 Å². The molecule has 6 heteroatoms. The van der Waals surface area contributed by atoms with E-state index in [0.29, 0.717) is 5.56 Å². The van der Waals surface area contributed by atoms with E-state index in [2.05, 4.69) is 4.98 Å². The van der Waals surface area contributed by atoms with Crippen molar-refractivity contribution in [2.45, 2.75) is 26.8 Å². The third-order valence-electron chi connectivity index (χ3n) is 2.60. The van der Waals surface area contributed by atoms with Gasteiger partial charge in [0.15, 0.2) is 0 Å². The van der Waals surface area contributed by atoms with Crippen molar-refractivity contribution in [2.75, 3.05) is 13.2 Å². The molecule has 0 aliphatic rings. The molecule has 0 saturated heterocycles. The van der Waals surface area contributed by atoms with E-state index in [0.717, 1.165) is 0 Å². The first-order valence-electron chi connectivity index (χ1n) is 6.32. The summed E-state index contributed by atoms with van der Waals surface area (Å²) < 4.78 is 4.85. The first-order chi connectivity index (χ1) is 9.49. The van der Waals surface area contributed by atoms with Crippen molar-refractivity contribution in [2.24, 2.45) is 0 Å². The number of pyridine rings is 1. The molecule has 1 aromatic rings. The Kier molecular flexibility index (Phi) is 5.66. The third-order valence-corrected chi connectivity index (χ3v) is 2.60. The zero-order chi connectivity index (χ0) is 15.1. The summed E-state index contributed by atoms with van der Waals surface area (Å²) in [6, 6.07) is 4.76. The number of rotatable bonds is 5. The van der Waals surface area contributed by atoms with Crippen LogP contribution in [-0.2, 0) is 9.53 Å². The Morgan fingerprint density at radius 2 is 2.15 bits per heavy atom. The molecule has 20 heavy (non-hydrogen) atoms. The minimum Gasteiger partial charge on any atom is -0.465 e. The fraction of sp³-hybridized carbons (Fsp3) is 0.429. The molecule has 0 spiro atoms. The molecule has 106 valence electrons. The molecule has 0 radical (unpaired) electrons. The Bertz CT molecular complexity index is 517. The highest BCUT2D eigenvalue weighted by Gasteiger charge is 2.23. The summed E-state index contributed by atoms with van der Waals surface area (Å²) in [5, 5.41) is 8.70. The second-order valence-electron chi connectivity index (χ2n) is 4.38. The van der Waals surface area contributed by atoms with E-state index < -0.39 is 5.97 Å². The van der Waals surface area contributed by atoms with Crippen molar-refractivity contribution < 1.29 is 14.3 Å². The van der Waals surface area contributed by atoms with E-state index >= 15 is 0 Å². The van der Waals surface area contributed by atoms with Gasteiger partial charge in [0, 0.05) is 12.2 Å². The van der Waals surface area contributed by atoms with Crippen LogP contribution in [0.3, 0.4) is 0 Å². The number of ether oxygens (including phenoxy) is 1. The lowest BCUT2D eigenvalue weighted by Crippen LogP contribution is -2.41. The summed E-state index contributed by atoms with van der Waals surface area (Å²) in [6.07, 6.45) is 1.33. The standard InChI is InChI=1S/C14H17N3O3/c1-4-20-13(18)9-17(10(2)3)14(19)12-6-5-11(7-15)8-16-12/h5-6,8,10H,4,9H2,1-3H3. The van der Waals surface area contributed by atoms with Gasteiger partial charge in [-0.2, -0.15) is 5.26 Å². The van der Waals surface area contributed by atoms with Gasteiger partial charge in [-0.15, -0.1) is 0 Å². The summed E-state index contributed by atoms with van der Waals surface area (Å²) in [5.74, 6) is -0.819. The molecule has 0 unspecified atom stereocenters. The van der Waals surface area contributed by atoms with E-state index in [9.17, 15) is 9.59 Å². The summed E-state index contributed by atoms with van der Waals surface area (Å²) in [7, 11) is 0. The van der Waals surface area contributed by atoms with Gasteiger partial charge in [-0.3, -0.25) is 9.59 Å². The van der Waals surface area contributed by atoms with Crippen LogP contribution in [0.15, 0.2) is 18.3 Å². The Morgan fingerprint density at radius 3 is 2.60 bits per heavy atom. The molecule has 0 aliphatic carbocycles. The van der Waals surface area contributed by atoms with Crippen LogP contribution in [0.5, 0.6) is 0 Å². The third kappa shape index (κ3) is 4.05. The monoisotopic (exact) mass is 275 g/mol. The van der Waals surface area contributed by atoms with Crippen LogP contribution in [0.1, 0.15) is 36.8 Å². The molecule has 0 saturated carbocycles. The number of nitriles is 1. The summed E-state index contributed by atoms with van der Waals surface area (Å²) in [6.45, 7) is 5.48. The molecule has 0 aliphatic heterocycles. The number of carbonyl (C=O) groups excluding carboxylic acids is 2. The Morgan fingerprint density at radius 1 is 1.45 bits per heavy atom. The van der Waals surface area contributed by atoms with Crippen LogP contribution in [0.2, 0.25) is 0 Å². The van der Waals surface area contributed by atoms with Gasteiger partial charge >= 0.3 is 5.97 Å². The van der Waals surface area contributed by atoms with Gasteiger partial charge < -0.3 is 9.64 Å². The van der Waals surface area contributed by atoms with Crippen molar-refractivity contribution in [3.05, 3.63) is 29.6 Å². The molecule has 0 N–H and O–H groups in total. The predicted molar refractivity (Wildman–Crippen MR) is 71.8 cm³/mol. The van der Waals surface area contributed by atoms with Crippen molar-refractivity contribution in [3.63, 3.8) is 0 Å². The topological polar surface area (TPSA) is 83.3 Å². The van der Waals surface area contributed by atoms with Gasteiger partial charge in [-0.1, -0.05) is 0 Å². The van der Waals surface area contributed by atoms with Crippen LogP contribution in [0.4, 0.5) is 0 Å². The zero-order valence-corrected chi connectivity index (χ0v) is 11.8. The summed E-state index contributed by atoms with van der Waals surface area (Å²) >= 11 is 0. The number of aromatic nitrogens is 1. The highest BCUT2D eigenvalue weighted by molar-refractivity contribution is 5.94. The van der Waals surface area contributed by atoms with Crippen LogP contribution >= 0.6 is 0 Å². The Labute approximate surface area is 118 Å². The average molecular weight is 275 g/mol. The molecule has 1 amide bonds. The lowest BCUT2D eigenvalue weighted by Gasteiger charge is -2.25. The van der Waals surface area contributed by atoms with Crippen LogP contribution in [-0.4, -0.2) is 41.0 Å². The van der Waals surface area contributed by atoms with Crippen molar-refractivity contribution in [3.8, 4) is 6.07 Å². The van der Waals surface area contributed by atoms with E-state index in [-0.39, 0.29) is 30.8 Å². The van der Waals surface area contributed by atoms with E-state index in [4.69, 9.17) is 10.00 Å². The largest absolute Gasteiger partial charge is 0.465 e. The maximum Gasteiger partial charge on any atom is 0.325 e. The second-order valence-corrected chi connectivity index (χ2v) is 4.38. The van der Waals surface area contributed by atoms with Gasteiger partial charge in [0.2, 0.25) is 0 Å². The summed E-state index contributed by atoms with van der Waals surface area (Å²) in [5.41, 5.74) is 0.574. The first-order valence-corrected chi connectivity index (χ1v) is 6.32. The number of amides is 1. The van der Waals surface area contributed by atoms with Crippen molar-refractivity contribution in [1.29, 1.82) is 5.26 Å². The molecular formula is C14H17N3O3. The molecule has 6 nitrogen and oxygen atoms in total. The van der Waals surface area contributed by atoms with Gasteiger partial charge in [0.25, 0.3) is 5.91 Å². The fourth-order valence-electron chi connectivity index (χ4n) is 1.57. The lowest BCUT2D eigenvalue weighted by molar-refractivity contribution is -0.144. The number of nitrogens with zero attached hydrogens (tertiary/aromatic N) is 3. The Hall–Kier alpha value is -2.42. The SMILES string of the molecule is CCOC(=O)CN(C(=O)c1ccc(C#N)cn1)C(C)C. The quantitative estimate of drug-likeness (QED) is 0.758.